The van der Waals surface area contributed by atoms with Crippen LogP contribution < -0.4 is 0 Å². The number of hydrogen-bond acceptors (Lipinski definition) is 2. The van der Waals surface area contributed by atoms with Crippen molar-refractivity contribution >= 4 is 0 Å². The molecule has 86 valence electrons. The fraction of sp³-hybridized carbons (Fsp3) is 1.00. The van der Waals surface area contributed by atoms with Crippen LogP contribution >= 0.6 is 0 Å². The van der Waals surface area contributed by atoms with Crippen LogP contribution in [0.5, 0.6) is 0 Å². The van der Waals surface area contributed by atoms with Crippen LogP contribution in [0.25, 0.3) is 0 Å². The maximum atomic E-state index is 5.88. The van der Waals surface area contributed by atoms with Crippen molar-refractivity contribution in [2.24, 2.45) is 5.92 Å². The number of hydrogen-bond donors (Lipinski definition) is 0. The van der Waals surface area contributed by atoms with Gasteiger partial charge in [0, 0.05) is 6.61 Å². The summed E-state index contributed by atoms with van der Waals surface area (Å²) in [5, 5.41) is 0. The lowest BCUT2D eigenvalue weighted by Gasteiger charge is -2.34. The Morgan fingerprint density at radius 3 is 1.86 bits per heavy atom. The van der Waals surface area contributed by atoms with Crippen LogP contribution in [0, 0.1) is 5.92 Å². The van der Waals surface area contributed by atoms with E-state index >= 15 is 0 Å². The summed E-state index contributed by atoms with van der Waals surface area (Å²) >= 11 is 0. The van der Waals surface area contributed by atoms with Gasteiger partial charge < -0.3 is 9.47 Å². The molecule has 0 unspecified atom stereocenters. The van der Waals surface area contributed by atoms with Gasteiger partial charge in [-0.2, -0.15) is 0 Å². The molecule has 0 aromatic carbocycles. The van der Waals surface area contributed by atoms with E-state index in [4.69, 9.17) is 9.47 Å². The first kappa shape index (κ1) is 13.9. The van der Waals surface area contributed by atoms with Crippen LogP contribution in [0.2, 0.25) is 0 Å². The molecule has 0 aromatic heterocycles. The molecule has 0 radical (unpaired) electrons. The Morgan fingerprint density at radius 1 is 1.00 bits per heavy atom. The molecular weight excluding hydrogens is 176 g/mol. The van der Waals surface area contributed by atoms with Crippen molar-refractivity contribution in [3.05, 3.63) is 0 Å². The molecular formula is C12H26O2. The third-order valence-corrected chi connectivity index (χ3v) is 2.72. The minimum absolute atomic E-state index is 0.0750. The lowest BCUT2D eigenvalue weighted by Crippen LogP contribution is -2.39. The Kier molecular flexibility index (Phi) is 5.10. The zero-order chi connectivity index (χ0) is 11.4. The molecule has 2 heteroatoms. The fourth-order valence-corrected chi connectivity index (χ4v) is 0.959. The van der Waals surface area contributed by atoms with E-state index < -0.39 is 0 Å². The molecule has 2 nitrogen and oxygen atoms in total. The van der Waals surface area contributed by atoms with Crippen molar-refractivity contribution in [3.63, 3.8) is 0 Å². The average Bonchev–Trinajstić information content (AvgIpc) is 2.01. The van der Waals surface area contributed by atoms with Crippen LogP contribution in [0.4, 0.5) is 0 Å². The summed E-state index contributed by atoms with van der Waals surface area (Å²) in [5.41, 5.74) is -0.255. The first-order valence-corrected chi connectivity index (χ1v) is 5.49. The molecule has 0 aliphatic carbocycles. The fourth-order valence-electron chi connectivity index (χ4n) is 0.959. The van der Waals surface area contributed by atoms with Gasteiger partial charge in [0.05, 0.1) is 17.8 Å². The van der Waals surface area contributed by atoms with E-state index in [1.54, 1.807) is 0 Å². The van der Waals surface area contributed by atoms with Gasteiger partial charge >= 0.3 is 0 Å². The predicted octanol–water partition coefficient (Wildman–Crippen LogP) is 3.25. The van der Waals surface area contributed by atoms with E-state index in [9.17, 15) is 0 Å². The molecule has 0 atom stereocenters. The quantitative estimate of drug-likeness (QED) is 0.658. The maximum Gasteiger partial charge on any atom is 0.0859 e. The number of ether oxygens (including phenoxy) is 2. The van der Waals surface area contributed by atoms with E-state index in [0.717, 1.165) is 6.61 Å². The highest BCUT2D eigenvalue weighted by atomic mass is 16.6. The van der Waals surface area contributed by atoms with Gasteiger partial charge in [0.15, 0.2) is 0 Å². The molecule has 0 saturated carbocycles. The Hall–Kier alpha value is -0.0800. The van der Waals surface area contributed by atoms with Gasteiger partial charge in [0.25, 0.3) is 0 Å². The highest BCUT2D eigenvalue weighted by molar-refractivity contribution is 4.76. The largest absolute Gasteiger partial charge is 0.373 e. The molecule has 0 heterocycles. The van der Waals surface area contributed by atoms with Crippen LogP contribution in [0.15, 0.2) is 0 Å². The van der Waals surface area contributed by atoms with E-state index in [-0.39, 0.29) is 11.2 Å². The van der Waals surface area contributed by atoms with Gasteiger partial charge in [0.1, 0.15) is 0 Å². The van der Waals surface area contributed by atoms with Crippen molar-refractivity contribution in [2.45, 2.75) is 59.7 Å². The second-order valence-corrected chi connectivity index (χ2v) is 5.24. The van der Waals surface area contributed by atoms with Crippen molar-refractivity contribution < 1.29 is 9.47 Å². The first-order valence-electron chi connectivity index (χ1n) is 5.49. The molecule has 0 amide bonds. The monoisotopic (exact) mass is 202 g/mol. The molecule has 0 fully saturated rings. The van der Waals surface area contributed by atoms with Gasteiger partial charge in [0.2, 0.25) is 0 Å². The van der Waals surface area contributed by atoms with Crippen molar-refractivity contribution in [3.8, 4) is 0 Å². The Morgan fingerprint density at radius 2 is 1.50 bits per heavy atom. The second-order valence-electron chi connectivity index (χ2n) is 5.24. The lowest BCUT2D eigenvalue weighted by molar-refractivity contribution is -0.131. The highest BCUT2D eigenvalue weighted by Crippen LogP contribution is 2.23. The van der Waals surface area contributed by atoms with E-state index in [1.165, 1.54) is 0 Å². The molecule has 0 aromatic rings. The maximum absolute atomic E-state index is 5.88. The van der Waals surface area contributed by atoms with Crippen LogP contribution in [-0.4, -0.2) is 24.4 Å². The first-order chi connectivity index (χ1) is 6.21. The van der Waals surface area contributed by atoms with E-state index in [2.05, 4.69) is 41.5 Å². The Labute approximate surface area is 89.0 Å². The van der Waals surface area contributed by atoms with Gasteiger partial charge in [-0.25, -0.2) is 0 Å². The third-order valence-electron chi connectivity index (χ3n) is 2.72. The van der Waals surface area contributed by atoms with Crippen LogP contribution in [0.3, 0.4) is 0 Å². The van der Waals surface area contributed by atoms with Crippen LogP contribution in [-0.2, 0) is 9.47 Å². The van der Waals surface area contributed by atoms with Gasteiger partial charge in [-0.05, 0) is 40.5 Å². The predicted molar refractivity (Wildman–Crippen MR) is 60.6 cm³/mol. The van der Waals surface area contributed by atoms with Crippen molar-refractivity contribution in [1.29, 1.82) is 0 Å². The zero-order valence-electron chi connectivity index (χ0n) is 10.8. The molecule has 0 spiro atoms. The minimum atomic E-state index is -0.180. The molecule has 14 heavy (non-hydrogen) atoms. The zero-order valence-corrected chi connectivity index (χ0v) is 10.8. The average molecular weight is 202 g/mol. The van der Waals surface area contributed by atoms with Gasteiger partial charge in [-0.1, -0.05) is 13.8 Å². The SMILES string of the molecule is CCOC(C)(C)COC(C)(C)C(C)C. The standard InChI is InChI=1S/C12H26O2/c1-8-13-11(4,5)9-14-12(6,7)10(2)3/h10H,8-9H2,1-7H3. The van der Waals surface area contributed by atoms with Crippen molar-refractivity contribution in [2.75, 3.05) is 13.2 Å². The lowest BCUT2D eigenvalue weighted by atomic mass is 9.94. The van der Waals surface area contributed by atoms with Gasteiger partial charge in [-0.3, -0.25) is 0 Å². The summed E-state index contributed by atoms with van der Waals surface area (Å²) in [7, 11) is 0. The molecule has 0 rings (SSSR count). The van der Waals surface area contributed by atoms with E-state index in [1.807, 2.05) is 6.92 Å². The van der Waals surface area contributed by atoms with E-state index in [0.29, 0.717) is 12.5 Å². The summed E-state index contributed by atoms with van der Waals surface area (Å²) in [4.78, 5) is 0. The second kappa shape index (κ2) is 5.13. The number of rotatable bonds is 6. The summed E-state index contributed by atoms with van der Waals surface area (Å²) in [5.74, 6) is 0.514. The molecule has 0 N–H and O–H groups in total. The van der Waals surface area contributed by atoms with Crippen molar-refractivity contribution in [1.82, 2.24) is 0 Å². The normalized spacial score (nSPS) is 13.7. The smallest absolute Gasteiger partial charge is 0.0859 e. The summed E-state index contributed by atoms with van der Waals surface area (Å²) < 4.78 is 11.5. The molecule has 0 aliphatic heterocycles. The Bertz CT molecular complexity index is 160. The van der Waals surface area contributed by atoms with Crippen LogP contribution in [0.1, 0.15) is 48.5 Å². The summed E-state index contributed by atoms with van der Waals surface area (Å²) in [6.07, 6.45) is 0. The molecule has 0 saturated heterocycles. The molecule has 0 bridgehead atoms. The molecule has 0 aliphatic rings. The Balaban J connectivity index is 4.04. The minimum Gasteiger partial charge on any atom is -0.373 e. The highest BCUT2D eigenvalue weighted by Gasteiger charge is 2.27. The third kappa shape index (κ3) is 4.97. The summed E-state index contributed by atoms with van der Waals surface area (Å²) in [6.45, 7) is 16.1. The summed E-state index contributed by atoms with van der Waals surface area (Å²) in [6, 6.07) is 0. The topological polar surface area (TPSA) is 18.5 Å². The van der Waals surface area contributed by atoms with Gasteiger partial charge in [-0.15, -0.1) is 0 Å².